The van der Waals surface area contributed by atoms with Gasteiger partial charge in [-0.2, -0.15) is 4.31 Å². The molecular formula is C24H22FN5O3S. The van der Waals surface area contributed by atoms with Gasteiger partial charge in [0.1, 0.15) is 11.3 Å². The number of carbonyl (C=O) groups excluding carboxylic acids is 1. The quantitative estimate of drug-likeness (QED) is 0.439. The fourth-order valence-electron chi connectivity index (χ4n) is 4.05. The van der Waals surface area contributed by atoms with Gasteiger partial charge in [0.2, 0.25) is 10.0 Å². The van der Waals surface area contributed by atoms with Crippen molar-refractivity contribution in [2.24, 2.45) is 0 Å². The number of para-hydroxylation sites is 1. The van der Waals surface area contributed by atoms with Crippen LogP contribution in [0.3, 0.4) is 0 Å². The van der Waals surface area contributed by atoms with E-state index in [1.807, 2.05) is 41.1 Å². The van der Waals surface area contributed by atoms with Crippen LogP contribution in [0.15, 0.2) is 77.7 Å². The van der Waals surface area contributed by atoms with Crippen LogP contribution in [-0.4, -0.2) is 64.7 Å². The molecule has 1 aliphatic rings. The van der Waals surface area contributed by atoms with E-state index in [0.29, 0.717) is 12.1 Å². The van der Waals surface area contributed by atoms with Gasteiger partial charge in [-0.25, -0.2) is 17.5 Å². The predicted octanol–water partition coefficient (Wildman–Crippen LogP) is 2.77. The summed E-state index contributed by atoms with van der Waals surface area (Å²) in [6.07, 6.45) is 0. The Morgan fingerprint density at radius 3 is 2.38 bits per heavy atom. The molecular weight excluding hydrogens is 457 g/mol. The molecule has 1 amide bonds. The van der Waals surface area contributed by atoms with Crippen molar-refractivity contribution >= 4 is 27.0 Å². The van der Waals surface area contributed by atoms with Crippen molar-refractivity contribution in [3.8, 4) is 0 Å². The topological polar surface area (TPSA) is 88.4 Å². The minimum atomic E-state index is -3.80. The van der Waals surface area contributed by atoms with Crippen LogP contribution in [0.2, 0.25) is 0 Å². The number of halogens is 1. The van der Waals surface area contributed by atoms with E-state index < -0.39 is 15.8 Å². The molecule has 2 heterocycles. The highest BCUT2D eigenvalue weighted by Gasteiger charge is 2.30. The van der Waals surface area contributed by atoms with Gasteiger partial charge >= 0.3 is 0 Å². The van der Waals surface area contributed by atoms with Crippen LogP contribution in [0.4, 0.5) is 4.39 Å². The first kappa shape index (κ1) is 22.2. The van der Waals surface area contributed by atoms with E-state index >= 15 is 0 Å². The molecule has 0 aliphatic carbocycles. The second-order valence-electron chi connectivity index (χ2n) is 8.09. The average molecular weight is 480 g/mol. The van der Waals surface area contributed by atoms with E-state index in [0.717, 1.165) is 22.7 Å². The van der Waals surface area contributed by atoms with Crippen LogP contribution < -0.4 is 0 Å². The molecule has 1 aromatic heterocycles. The van der Waals surface area contributed by atoms with E-state index in [1.165, 1.54) is 22.5 Å². The molecule has 0 saturated carbocycles. The molecule has 0 atom stereocenters. The van der Waals surface area contributed by atoms with Crippen molar-refractivity contribution in [1.82, 2.24) is 24.2 Å². The van der Waals surface area contributed by atoms with Gasteiger partial charge < -0.3 is 4.90 Å². The van der Waals surface area contributed by atoms with Gasteiger partial charge in [0.25, 0.3) is 5.91 Å². The number of piperazine rings is 1. The fourth-order valence-corrected chi connectivity index (χ4v) is 5.50. The van der Waals surface area contributed by atoms with Crippen molar-refractivity contribution in [2.75, 3.05) is 26.2 Å². The summed E-state index contributed by atoms with van der Waals surface area (Å²) in [5, 5.41) is 8.35. The Morgan fingerprint density at radius 1 is 0.912 bits per heavy atom. The number of aromatic nitrogens is 3. The number of fused-ring (bicyclic) bond motifs is 1. The summed E-state index contributed by atoms with van der Waals surface area (Å²) in [7, 11) is -3.80. The molecule has 0 bridgehead atoms. The largest absolute Gasteiger partial charge is 0.336 e. The van der Waals surface area contributed by atoms with Crippen LogP contribution in [-0.2, 0) is 16.6 Å². The molecule has 0 radical (unpaired) electrons. The Balaban J connectivity index is 1.22. The van der Waals surface area contributed by atoms with Crippen molar-refractivity contribution in [3.05, 3.63) is 89.7 Å². The van der Waals surface area contributed by atoms with Crippen molar-refractivity contribution in [3.63, 3.8) is 0 Å². The zero-order valence-electron chi connectivity index (χ0n) is 18.2. The number of rotatable bonds is 5. The molecule has 5 rings (SSSR count). The zero-order chi connectivity index (χ0) is 23.7. The minimum Gasteiger partial charge on any atom is -0.336 e. The third-order valence-electron chi connectivity index (χ3n) is 5.91. The predicted molar refractivity (Wildman–Crippen MR) is 124 cm³/mol. The molecule has 1 fully saturated rings. The average Bonchev–Trinajstić information content (AvgIpc) is 3.27. The maximum absolute atomic E-state index is 13.5. The van der Waals surface area contributed by atoms with Gasteiger partial charge in [-0.3, -0.25) is 4.79 Å². The highest BCUT2D eigenvalue weighted by molar-refractivity contribution is 7.89. The number of sulfonamides is 1. The highest BCUT2D eigenvalue weighted by atomic mass is 32.2. The van der Waals surface area contributed by atoms with Gasteiger partial charge in [-0.1, -0.05) is 35.5 Å². The standard InChI is InChI=1S/C24H22FN5O3S/c25-20-4-3-5-21(16-20)34(32,33)29-14-12-28(13-15-29)24(31)19-10-8-18(9-11-19)17-30-23-7-2-1-6-22(23)26-27-30/h1-11,16H,12-15,17H2. The Kier molecular flexibility index (Phi) is 5.84. The van der Waals surface area contributed by atoms with Gasteiger partial charge in [0.15, 0.2) is 0 Å². The van der Waals surface area contributed by atoms with Gasteiger partial charge in [-0.05, 0) is 48.0 Å². The number of carbonyl (C=O) groups is 1. The lowest BCUT2D eigenvalue weighted by atomic mass is 10.1. The summed E-state index contributed by atoms with van der Waals surface area (Å²) in [4.78, 5) is 14.5. The Morgan fingerprint density at radius 2 is 1.65 bits per heavy atom. The normalized spacial score (nSPS) is 15.0. The molecule has 0 unspecified atom stereocenters. The highest BCUT2D eigenvalue weighted by Crippen LogP contribution is 2.20. The van der Waals surface area contributed by atoms with E-state index in [2.05, 4.69) is 10.3 Å². The van der Waals surface area contributed by atoms with Crippen molar-refractivity contribution in [1.29, 1.82) is 0 Å². The number of benzene rings is 3. The third kappa shape index (κ3) is 4.29. The Bertz CT molecular complexity index is 1450. The molecule has 0 spiro atoms. The van der Waals surface area contributed by atoms with Gasteiger partial charge in [0, 0.05) is 31.7 Å². The van der Waals surface area contributed by atoms with E-state index in [4.69, 9.17) is 0 Å². The summed E-state index contributed by atoms with van der Waals surface area (Å²) in [5.41, 5.74) is 3.29. The van der Waals surface area contributed by atoms with Crippen LogP contribution in [0.25, 0.3) is 11.0 Å². The van der Waals surface area contributed by atoms with Gasteiger partial charge in [-0.15, -0.1) is 5.10 Å². The van der Waals surface area contributed by atoms with Crippen molar-refractivity contribution < 1.29 is 17.6 Å². The molecule has 0 N–H and O–H groups in total. The zero-order valence-corrected chi connectivity index (χ0v) is 19.0. The van der Waals surface area contributed by atoms with Crippen LogP contribution >= 0.6 is 0 Å². The van der Waals surface area contributed by atoms with E-state index in [9.17, 15) is 17.6 Å². The number of hydrogen-bond acceptors (Lipinski definition) is 5. The first-order chi connectivity index (χ1) is 16.4. The lowest BCUT2D eigenvalue weighted by Gasteiger charge is -2.34. The second kappa shape index (κ2) is 8.96. The molecule has 1 aliphatic heterocycles. The molecule has 8 nitrogen and oxygen atoms in total. The minimum absolute atomic E-state index is 0.0805. The molecule has 1 saturated heterocycles. The summed E-state index contributed by atoms with van der Waals surface area (Å²) in [5.74, 6) is -0.754. The molecule has 174 valence electrons. The lowest BCUT2D eigenvalue weighted by Crippen LogP contribution is -2.50. The van der Waals surface area contributed by atoms with Gasteiger partial charge in [0.05, 0.1) is 17.0 Å². The third-order valence-corrected chi connectivity index (χ3v) is 7.81. The number of amides is 1. The maximum Gasteiger partial charge on any atom is 0.253 e. The summed E-state index contributed by atoms with van der Waals surface area (Å²) in [6, 6.07) is 20.0. The van der Waals surface area contributed by atoms with Crippen molar-refractivity contribution in [2.45, 2.75) is 11.4 Å². The second-order valence-corrected chi connectivity index (χ2v) is 10.0. The Labute approximate surface area is 196 Å². The first-order valence-electron chi connectivity index (χ1n) is 10.8. The smallest absolute Gasteiger partial charge is 0.253 e. The monoisotopic (exact) mass is 479 g/mol. The molecule has 3 aromatic carbocycles. The summed E-state index contributed by atoms with van der Waals surface area (Å²) in [6.45, 7) is 1.37. The molecule has 4 aromatic rings. The molecule has 34 heavy (non-hydrogen) atoms. The lowest BCUT2D eigenvalue weighted by molar-refractivity contribution is 0.0698. The maximum atomic E-state index is 13.5. The fraction of sp³-hybridized carbons (Fsp3) is 0.208. The first-order valence-corrected chi connectivity index (χ1v) is 12.3. The van der Waals surface area contributed by atoms with E-state index in [1.54, 1.807) is 17.0 Å². The Hall–Kier alpha value is -3.63. The van der Waals surface area contributed by atoms with Crippen LogP contribution in [0.1, 0.15) is 15.9 Å². The van der Waals surface area contributed by atoms with E-state index in [-0.39, 0.29) is 37.0 Å². The number of hydrogen-bond donors (Lipinski definition) is 0. The summed E-state index contributed by atoms with van der Waals surface area (Å²) < 4.78 is 42.1. The summed E-state index contributed by atoms with van der Waals surface area (Å²) >= 11 is 0. The van der Waals surface area contributed by atoms with Crippen LogP contribution in [0, 0.1) is 5.82 Å². The van der Waals surface area contributed by atoms with Crippen LogP contribution in [0.5, 0.6) is 0 Å². The molecule has 10 heteroatoms. The SMILES string of the molecule is O=C(c1ccc(Cn2nnc3ccccc32)cc1)N1CCN(S(=O)(=O)c2cccc(F)c2)CC1. The number of nitrogens with zero attached hydrogens (tertiary/aromatic N) is 5.